The second kappa shape index (κ2) is 9.47. The van der Waals surface area contributed by atoms with Crippen LogP contribution in [0.25, 0.3) is 10.9 Å². The number of hydrogen-bond donors (Lipinski definition) is 3. The highest BCUT2D eigenvalue weighted by Crippen LogP contribution is 2.26. The zero-order valence-electron chi connectivity index (χ0n) is 16.9. The smallest absolute Gasteiger partial charge is 0.490 e. The van der Waals surface area contributed by atoms with E-state index in [1.807, 2.05) is 20.3 Å². The van der Waals surface area contributed by atoms with Crippen LogP contribution in [0.1, 0.15) is 10.4 Å². The maximum absolute atomic E-state index is 12.4. The Kier molecular flexibility index (Phi) is 7.23. The SMILES string of the molecule is CN(C)CCn1ccc(NC(=O)c2cc(O)c3c(cnn3C)c2)n1.O=C(O)C(F)(F)F. The molecule has 3 aromatic rings. The lowest BCUT2D eigenvalue weighted by atomic mass is 10.1. The van der Waals surface area contributed by atoms with Crippen LogP contribution in [0.5, 0.6) is 5.75 Å². The van der Waals surface area contributed by atoms with E-state index in [4.69, 9.17) is 9.90 Å². The van der Waals surface area contributed by atoms with Gasteiger partial charge >= 0.3 is 12.1 Å². The van der Waals surface area contributed by atoms with Crippen molar-refractivity contribution in [1.82, 2.24) is 24.5 Å². The minimum absolute atomic E-state index is 0.0224. The minimum atomic E-state index is -5.08. The van der Waals surface area contributed by atoms with E-state index in [0.717, 1.165) is 13.1 Å². The molecule has 0 aliphatic rings. The number of carbonyl (C=O) groups is 2. The van der Waals surface area contributed by atoms with E-state index < -0.39 is 12.1 Å². The molecule has 0 saturated heterocycles. The number of fused-ring (bicyclic) bond motifs is 1. The number of anilines is 1. The summed E-state index contributed by atoms with van der Waals surface area (Å²) < 4.78 is 35.1. The summed E-state index contributed by atoms with van der Waals surface area (Å²) in [5, 5.41) is 29.1. The number of halogens is 3. The Morgan fingerprint density at radius 2 is 1.90 bits per heavy atom. The summed E-state index contributed by atoms with van der Waals surface area (Å²) in [5.74, 6) is -2.58. The molecule has 3 rings (SSSR count). The molecule has 0 atom stereocenters. The van der Waals surface area contributed by atoms with Crippen molar-refractivity contribution in [3.05, 3.63) is 36.2 Å². The van der Waals surface area contributed by atoms with E-state index in [0.29, 0.717) is 22.3 Å². The Hall–Kier alpha value is -3.61. The molecule has 31 heavy (non-hydrogen) atoms. The Morgan fingerprint density at radius 1 is 1.26 bits per heavy atom. The number of hydrogen-bond acceptors (Lipinski definition) is 6. The van der Waals surface area contributed by atoms with Gasteiger partial charge in [0.05, 0.1) is 12.7 Å². The molecule has 0 saturated carbocycles. The van der Waals surface area contributed by atoms with Gasteiger partial charge in [-0.25, -0.2) is 4.79 Å². The molecule has 13 heteroatoms. The number of aliphatic carboxylic acids is 1. The first kappa shape index (κ1) is 23.7. The fraction of sp³-hybridized carbons (Fsp3) is 0.333. The van der Waals surface area contributed by atoms with Crippen LogP contribution in [0.2, 0.25) is 0 Å². The number of likely N-dealkylation sites (N-methyl/N-ethyl adjacent to an activating group) is 1. The molecular formula is C18H21F3N6O4. The highest BCUT2D eigenvalue weighted by molar-refractivity contribution is 6.06. The highest BCUT2D eigenvalue weighted by atomic mass is 19.4. The average molecular weight is 442 g/mol. The Balaban J connectivity index is 0.000000423. The summed E-state index contributed by atoms with van der Waals surface area (Å²) in [6.07, 6.45) is -1.65. The molecular weight excluding hydrogens is 421 g/mol. The molecule has 2 aromatic heterocycles. The van der Waals surface area contributed by atoms with E-state index >= 15 is 0 Å². The van der Waals surface area contributed by atoms with Crippen LogP contribution in [-0.2, 0) is 18.4 Å². The lowest BCUT2D eigenvalue weighted by Crippen LogP contribution is -2.21. The molecule has 10 nitrogen and oxygen atoms in total. The zero-order valence-corrected chi connectivity index (χ0v) is 16.9. The van der Waals surface area contributed by atoms with Crippen molar-refractivity contribution >= 4 is 28.6 Å². The maximum Gasteiger partial charge on any atom is 0.490 e. The lowest BCUT2D eigenvalue weighted by molar-refractivity contribution is -0.192. The molecule has 1 aromatic carbocycles. The van der Waals surface area contributed by atoms with Crippen molar-refractivity contribution in [2.75, 3.05) is 26.0 Å². The molecule has 168 valence electrons. The number of amides is 1. The van der Waals surface area contributed by atoms with Gasteiger partial charge in [0.1, 0.15) is 11.3 Å². The molecule has 0 unspecified atom stereocenters. The van der Waals surface area contributed by atoms with Crippen LogP contribution < -0.4 is 5.32 Å². The molecule has 0 aliphatic heterocycles. The molecule has 1 amide bonds. The van der Waals surface area contributed by atoms with E-state index in [9.17, 15) is 23.1 Å². The van der Waals surface area contributed by atoms with Crippen molar-refractivity contribution in [2.24, 2.45) is 7.05 Å². The van der Waals surface area contributed by atoms with Crippen LogP contribution in [0.4, 0.5) is 19.0 Å². The summed E-state index contributed by atoms with van der Waals surface area (Å²) in [6, 6.07) is 4.87. The average Bonchev–Trinajstić information content (AvgIpc) is 3.26. The number of carbonyl (C=O) groups excluding carboxylic acids is 1. The summed E-state index contributed by atoms with van der Waals surface area (Å²) in [6.45, 7) is 1.60. The third-order valence-corrected chi connectivity index (χ3v) is 3.98. The molecule has 0 radical (unpaired) electrons. The fourth-order valence-corrected chi connectivity index (χ4v) is 2.47. The van der Waals surface area contributed by atoms with Crippen LogP contribution in [0, 0.1) is 0 Å². The first-order valence-corrected chi connectivity index (χ1v) is 8.83. The third-order valence-electron chi connectivity index (χ3n) is 3.98. The van der Waals surface area contributed by atoms with Crippen molar-refractivity contribution in [3.63, 3.8) is 0 Å². The van der Waals surface area contributed by atoms with Gasteiger partial charge in [-0.3, -0.25) is 14.2 Å². The maximum atomic E-state index is 12.4. The van der Waals surface area contributed by atoms with Gasteiger partial charge in [-0.2, -0.15) is 23.4 Å². The third kappa shape index (κ3) is 6.44. The number of aromatic hydroxyl groups is 1. The van der Waals surface area contributed by atoms with Gasteiger partial charge in [0.25, 0.3) is 5.91 Å². The van der Waals surface area contributed by atoms with Gasteiger partial charge in [0.2, 0.25) is 0 Å². The van der Waals surface area contributed by atoms with Gasteiger partial charge in [-0.05, 0) is 26.2 Å². The number of benzene rings is 1. The number of aromatic nitrogens is 4. The van der Waals surface area contributed by atoms with Gasteiger partial charge in [0, 0.05) is 36.8 Å². The van der Waals surface area contributed by atoms with Crippen molar-refractivity contribution in [2.45, 2.75) is 12.7 Å². The predicted molar refractivity (Wildman–Crippen MR) is 105 cm³/mol. The highest BCUT2D eigenvalue weighted by Gasteiger charge is 2.38. The van der Waals surface area contributed by atoms with Crippen molar-refractivity contribution < 1.29 is 33.0 Å². The summed E-state index contributed by atoms with van der Waals surface area (Å²) >= 11 is 0. The summed E-state index contributed by atoms with van der Waals surface area (Å²) in [7, 11) is 5.72. The van der Waals surface area contributed by atoms with Gasteiger partial charge < -0.3 is 20.4 Å². The molecule has 0 fully saturated rings. The standard InChI is InChI=1S/C16H20N6O2.C2HF3O2/c1-20(2)6-7-22-5-4-14(19-22)18-16(24)11-8-12-10-17-21(3)15(12)13(23)9-11;3-2(4,5)1(6)7/h4-5,8-10,23H,6-7H2,1-3H3,(H,18,19,24);(H,6,7). The number of rotatable bonds is 5. The molecule has 0 aliphatic carbocycles. The Morgan fingerprint density at radius 3 is 2.48 bits per heavy atom. The number of phenolic OH excluding ortho intramolecular Hbond substituents is 1. The number of nitrogens with one attached hydrogen (secondary N) is 1. The predicted octanol–water partition coefficient (Wildman–Crippen LogP) is 1.92. The van der Waals surface area contributed by atoms with Crippen LogP contribution in [0.15, 0.2) is 30.6 Å². The fourth-order valence-electron chi connectivity index (χ4n) is 2.47. The lowest BCUT2D eigenvalue weighted by Gasteiger charge is -2.08. The van der Waals surface area contributed by atoms with E-state index in [1.165, 1.54) is 6.07 Å². The first-order chi connectivity index (χ1) is 14.4. The second-order valence-corrected chi connectivity index (χ2v) is 6.73. The number of carboxylic acids is 1. The van der Waals surface area contributed by atoms with E-state index in [1.54, 1.807) is 34.7 Å². The van der Waals surface area contributed by atoms with Gasteiger partial charge in [0.15, 0.2) is 5.82 Å². The van der Waals surface area contributed by atoms with Gasteiger partial charge in [-0.1, -0.05) is 0 Å². The quantitative estimate of drug-likeness (QED) is 0.551. The van der Waals surface area contributed by atoms with Crippen LogP contribution >= 0.6 is 0 Å². The topological polar surface area (TPSA) is 126 Å². The van der Waals surface area contributed by atoms with Crippen LogP contribution in [-0.4, -0.2) is 73.4 Å². The number of phenols is 1. The molecule has 0 bridgehead atoms. The Labute approximate surface area is 174 Å². The summed E-state index contributed by atoms with van der Waals surface area (Å²) in [5.41, 5.74) is 0.954. The normalized spacial score (nSPS) is 11.3. The van der Waals surface area contributed by atoms with Crippen molar-refractivity contribution in [3.8, 4) is 5.75 Å². The second-order valence-electron chi connectivity index (χ2n) is 6.73. The zero-order chi connectivity index (χ0) is 23.3. The molecule has 2 heterocycles. The minimum Gasteiger partial charge on any atom is -0.506 e. The first-order valence-electron chi connectivity index (χ1n) is 8.83. The number of aryl methyl sites for hydroxylation is 1. The van der Waals surface area contributed by atoms with Gasteiger partial charge in [-0.15, -0.1) is 0 Å². The monoisotopic (exact) mass is 442 g/mol. The largest absolute Gasteiger partial charge is 0.506 e. The number of carboxylic acid groups (broad SMARTS) is 1. The van der Waals surface area contributed by atoms with E-state index in [2.05, 4.69) is 20.4 Å². The Bertz CT molecular complexity index is 1070. The van der Waals surface area contributed by atoms with Crippen molar-refractivity contribution in [1.29, 1.82) is 0 Å². The number of alkyl halides is 3. The van der Waals surface area contributed by atoms with E-state index in [-0.39, 0.29) is 11.7 Å². The molecule has 0 spiro atoms. The van der Waals surface area contributed by atoms with Crippen LogP contribution in [0.3, 0.4) is 0 Å². The number of nitrogens with zero attached hydrogens (tertiary/aromatic N) is 5. The molecule has 3 N–H and O–H groups in total. The summed E-state index contributed by atoms with van der Waals surface area (Å²) in [4.78, 5) is 23.3.